The van der Waals surface area contributed by atoms with Crippen LogP contribution in [0.4, 0.5) is 0 Å². The zero-order chi connectivity index (χ0) is 11.9. The highest BCUT2D eigenvalue weighted by Crippen LogP contribution is 2.11. The van der Waals surface area contributed by atoms with Gasteiger partial charge in [-0.05, 0) is 24.3 Å². The van der Waals surface area contributed by atoms with Gasteiger partial charge in [0.1, 0.15) is 12.4 Å². The van der Waals surface area contributed by atoms with Crippen LogP contribution in [0.3, 0.4) is 0 Å². The molecule has 3 heteroatoms. The van der Waals surface area contributed by atoms with E-state index in [9.17, 15) is 0 Å². The Morgan fingerprint density at radius 1 is 1.24 bits per heavy atom. The molecule has 0 saturated carbocycles. The fourth-order valence-electron chi connectivity index (χ4n) is 1.76. The van der Waals surface area contributed by atoms with Gasteiger partial charge in [0, 0.05) is 25.2 Å². The van der Waals surface area contributed by atoms with Crippen LogP contribution in [0.1, 0.15) is 5.56 Å². The van der Waals surface area contributed by atoms with Crippen molar-refractivity contribution in [2.24, 2.45) is 0 Å². The van der Waals surface area contributed by atoms with Crippen LogP contribution in [-0.2, 0) is 4.74 Å². The first kappa shape index (κ1) is 12.0. The van der Waals surface area contributed by atoms with E-state index in [4.69, 9.17) is 15.9 Å². The highest BCUT2D eigenvalue weighted by molar-refractivity contribution is 5.36. The Bertz CT molecular complexity index is 374. The van der Waals surface area contributed by atoms with Crippen molar-refractivity contribution in [3.8, 4) is 18.1 Å². The van der Waals surface area contributed by atoms with Gasteiger partial charge in [0.15, 0.2) is 0 Å². The smallest absolute Gasteiger partial charge is 0.119 e. The number of rotatable bonds is 4. The number of morpholine rings is 1. The van der Waals surface area contributed by atoms with Gasteiger partial charge in [-0.15, -0.1) is 6.42 Å². The molecule has 0 radical (unpaired) electrons. The summed E-state index contributed by atoms with van der Waals surface area (Å²) in [6.45, 7) is 5.31. The molecule has 3 nitrogen and oxygen atoms in total. The predicted octanol–water partition coefficient (Wildman–Crippen LogP) is 1.38. The average molecular weight is 231 g/mol. The SMILES string of the molecule is C#Cc1ccc(OCCN2CCOCC2)cc1. The number of terminal acetylenes is 1. The van der Waals surface area contributed by atoms with E-state index in [-0.39, 0.29) is 0 Å². The van der Waals surface area contributed by atoms with Crippen molar-refractivity contribution in [2.45, 2.75) is 0 Å². The molecule has 0 atom stereocenters. The van der Waals surface area contributed by atoms with E-state index in [1.54, 1.807) is 0 Å². The molecular formula is C14H17NO2. The summed E-state index contributed by atoms with van der Waals surface area (Å²) in [5.74, 6) is 3.46. The molecular weight excluding hydrogens is 214 g/mol. The third-order valence-electron chi connectivity index (χ3n) is 2.80. The summed E-state index contributed by atoms with van der Waals surface area (Å²) in [5.41, 5.74) is 0.880. The van der Waals surface area contributed by atoms with Crippen LogP contribution >= 0.6 is 0 Å². The Hall–Kier alpha value is -1.50. The Morgan fingerprint density at radius 2 is 1.94 bits per heavy atom. The molecule has 1 fully saturated rings. The van der Waals surface area contributed by atoms with E-state index in [1.165, 1.54) is 0 Å². The molecule has 0 amide bonds. The zero-order valence-corrected chi connectivity index (χ0v) is 9.89. The van der Waals surface area contributed by atoms with E-state index < -0.39 is 0 Å². The molecule has 1 heterocycles. The highest BCUT2D eigenvalue weighted by Gasteiger charge is 2.09. The van der Waals surface area contributed by atoms with Crippen molar-refractivity contribution < 1.29 is 9.47 Å². The zero-order valence-electron chi connectivity index (χ0n) is 9.89. The molecule has 0 bridgehead atoms. The lowest BCUT2D eigenvalue weighted by molar-refractivity contribution is 0.0322. The summed E-state index contributed by atoms with van der Waals surface area (Å²) in [5, 5.41) is 0. The first-order valence-corrected chi connectivity index (χ1v) is 5.88. The minimum Gasteiger partial charge on any atom is -0.492 e. The Balaban J connectivity index is 1.72. The summed E-state index contributed by atoms with van der Waals surface area (Å²) in [6, 6.07) is 7.61. The Labute approximate surface area is 102 Å². The molecule has 90 valence electrons. The first-order valence-electron chi connectivity index (χ1n) is 5.88. The minimum atomic E-state index is 0.704. The van der Waals surface area contributed by atoms with Gasteiger partial charge in [0.25, 0.3) is 0 Å². The van der Waals surface area contributed by atoms with E-state index in [2.05, 4.69) is 10.8 Å². The van der Waals surface area contributed by atoms with Crippen LogP contribution in [-0.4, -0.2) is 44.4 Å². The van der Waals surface area contributed by atoms with E-state index >= 15 is 0 Å². The molecule has 0 aromatic heterocycles. The van der Waals surface area contributed by atoms with Crippen LogP contribution in [0, 0.1) is 12.3 Å². The fraction of sp³-hybridized carbons (Fsp3) is 0.429. The molecule has 1 aromatic carbocycles. The van der Waals surface area contributed by atoms with Gasteiger partial charge in [-0.25, -0.2) is 0 Å². The second kappa shape index (κ2) is 6.29. The summed E-state index contributed by atoms with van der Waals surface area (Å²) < 4.78 is 10.9. The van der Waals surface area contributed by atoms with E-state index in [0.717, 1.165) is 44.2 Å². The molecule has 0 N–H and O–H groups in total. The molecule has 1 aliphatic rings. The highest BCUT2D eigenvalue weighted by atomic mass is 16.5. The van der Waals surface area contributed by atoms with Gasteiger partial charge in [0.05, 0.1) is 13.2 Å². The summed E-state index contributed by atoms with van der Waals surface area (Å²) in [4.78, 5) is 2.35. The normalized spacial score (nSPS) is 16.4. The van der Waals surface area contributed by atoms with Gasteiger partial charge < -0.3 is 9.47 Å². The summed E-state index contributed by atoms with van der Waals surface area (Å²) in [6.07, 6.45) is 5.29. The first-order chi connectivity index (χ1) is 8.38. The van der Waals surface area contributed by atoms with E-state index in [1.807, 2.05) is 24.3 Å². The van der Waals surface area contributed by atoms with Crippen molar-refractivity contribution in [1.82, 2.24) is 4.90 Å². The number of benzene rings is 1. The minimum absolute atomic E-state index is 0.704. The Kier molecular flexibility index (Phi) is 4.43. The van der Waals surface area contributed by atoms with Crippen LogP contribution in [0.25, 0.3) is 0 Å². The largest absolute Gasteiger partial charge is 0.492 e. The van der Waals surface area contributed by atoms with Gasteiger partial charge in [-0.1, -0.05) is 5.92 Å². The number of hydrogen-bond acceptors (Lipinski definition) is 3. The predicted molar refractivity (Wildman–Crippen MR) is 67.1 cm³/mol. The lowest BCUT2D eigenvalue weighted by Crippen LogP contribution is -2.38. The second-order valence-electron chi connectivity index (χ2n) is 3.97. The van der Waals surface area contributed by atoms with Crippen LogP contribution in [0.15, 0.2) is 24.3 Å². The molecule has 0 spiro atoms. The van der Waals surface area contributed by atoms with Crippen molar-refractivity contribution in [1.29, 1.82) is 0 Å². The maximum atomic E-state index is 5.66. The maximum absolute atomic E-state index is 5.66. The van der Waals surface area contributed by atoms with Gasteiger partial charge in [0.2, 0.25) is 0 Å². The van der Waals surface area contributed by atoms with E-state index in [0.29, 0.717) is 6.61 Å². The average Bonchev–Trinajstić information content (AvgIpc) is 2.41. The molecule has 1 saturated heterocycles. The second-order valence-corrected chi connectivity index (χ2v) is 3.97. The molecule has 1 aliphatic heterocycles. The third-order valence-corrected chi connectivity index (χ3v) is 2.80. The molecule has 2 rings (SSSR count). The van der Waals surface area contributed by atoms with Gasteiger partial charge in [-0.2, -0.15) is 0 Å². The lowest BCUT2D eigenvalue weighted by atomic mass is 10.2. The lowest BCUT2D eigenvalue weighted by Gasteiger charge is -2.26. The van der Waals surface area contributed by atoms with Crippen molar-refractivity contribution >= 4 is 0 Å². The Morgan fingerprint density at radius 3 is 2.59 bits per heavy atom. The van der Waals surface area contributed by atoms with Crippen LogP contribution < -0.4 is 4.74 Å². The van der Waals surface area contributed by atoms with Crippen LogP contribution in [0.5, 0.6) is 5.75 Å². The summed E-state index contributed by atoms with van der Waals surface area (Å²) in [7, 11) is 0. The van der Waals surface area contributed by atoms with Crippen LogP contribution in [0.2, 0.25) is 0 Å². The molecule has 1 aromatic rings. The standard InChI is InChI=1S/C14H17NO2/c1-2-13-3-5-14(6-4-13)17-12-9-15-7-10-16-11-8-15/h1,3-6H,7-12H2. The van der Waals surface area contributed by atoms with Crippen molar-refractivity contribution in [3.05, 3.63) is 29.8 Å². The van der Waals surface area contributed by atoms with Crippen molar-refractivity contribution in [2.75, 3.05) is 39.5 Å². The topological polar surface area (TPSA) is 21.7 Å². The number of nitrogens with zero attached hydrogens (tertiary/aromatic N) is 1. The third kappa shape index (κ3) is 3.77. The number of hydrogen-bond donors (Lipinski definition) is 0. The van der Waals surface area contributed by atoms with Gasteiger partial charge in [-0.3, -0.25) is 4.90 Å². The quantitative estimate of drug-likeness (QED) is 0.731. The molecule has 0 unspecified atom stereocenters. The maximum Gasteiger partial charge on any atom is 0.119 e. The summed E-state index contributed by atoms with van der Waals surface area (Å²) >= 11 is 0. The number of ether oxygens (including phenoxy) is 2. The molecule has 17 heavy (non-hydrogen) atoms. The monoisotopic (exact) mass is 231 g/mol. The molecule has 0 aliphatic carbocycles. The fourth-order valence-corrected chi connectivity index (χ4v) is 1.76. The van der Waals surface area contributed by atoms with Crippen molar-refractivity contribution in [3.63, 3.8) is 0 Å². The van der Waals surface area contributed by atoms with Gasteiger partial charge >= 0.3 is 0 Å².